The van der Waals surface area contributed by atoms with Crippen LogP contribution in [-0.2, 0) is 4.79 Å². The average Bonchev–Trinajstić information content (AvgIpc) is 2.62. The molecule has 0 aromatic heterocycles. The van der Waals surface area contributed by atoms with Crippen molar-refractivity contribution >= 4 is 35.0 Å². The van der Waals surface area contributed by atoms with Gasteiger partial charge in [-0.2, -0.15) is 0 Å². The fraction of sp³-hybridized carbons (Fsp3) is 0.263. The standard InChI is InChI=1S/C19H20N2O3S/c1-2-3-10-24-16-7-5-4-6-14(16)21-19(23)13-8-9-17-15(11-13)20-18(22)12-25-17/h4-9,11H,2-3,10,12H2,1H3,(H,20,22)(H,21,23). The van der Waals surface area contributed by atoms with Crippen molar-refractivity contribution in [3.63, 3.8) is 0 Å². The van der Waals surface area contributed by atoms with Crippen molar-refractivity contribution in [3.8, 4) is 5.75 Å². The van der Waals surface area contributed by atoms with Crippen molar-refractivity contribution < 1.29 is 14.3 Å². The average molecular weight is 356 g/mol. The molecule has 3 rings (SSSR count). The predicted octanol–water partition coefficient (Wildman–Crippen LogP) is 4.16. The Morgan fingerprint density at radius 3 is 2.96 bits per heavy atom. The molecule has 0 spiro atoms. The summed E-state index contributed by atoms with van der Waals surface area (Å²) < 4.78 is 5.74. The van der Waals surface area contributed by atoms with Crippen molar-refractivity contribution in [2.75, 3.05) is 23.0 Å². The summed E-state index contributed by atoms with van der Waals surface area (Å²) in [6.45, 7) is 2.72. The number of ether oxygens (including phenoxy) is 1. The van der Waals surface area contributed by atoms with Gasteiger partial charge in [0.1, 0.15) is 5.75 Å². The molecular formula is C19H20N2O3S. The van der Waals surface area contributed by atoms with Gasteiger partial charge in [0.25, 0.3) is 5.91 Å². The fourth-order valence-electron chi connectivity index (χ4n) is 2.44. The molecule has 130 valence electrons. The highest BCUT2D eigenvalue weighted by Gasteiger charge is 2.18. The first-order valence-corrected chi connectivity index (χ1v) is 9.26. The Kier molecular flexibility index (Phi) is 5.60. The molecule has 1 aliphatic rings. The topological polar surface area (TPSA) is 67.4 Å². The lowest BCUT2D eigenvalue weighted by Gasteiger charge is -2.17. The molecule has 1 aliphatic heterocycles. The van der Waals surface area contributed by atoms with Crippen molar-refractivity contribution in [2.24, 2.45) is 0 Å². The summed E-state index contributed by atoms with van der Waals surface area (Å²) in [5.74, 6) is 0.774. The maximum absolute atomic E-state index is 12.6. The third-order valence-corrected chi connectivity index (χ3v) is 4.84. The van der Waals surface area contributed by atoms with Gasteiger partial charge in [-0.25, -0.2) is 0 Å². The monoisotopic (exact) mass is 356 g/mol. The number of thioether (sulfide) groups is 1. The largest absolute Gasteiger partial charge is 0.491 e. The minimum atomic E-state index is -0.237. The molecule has 0 saturated heterocycles. The first-order valence-electron chi connectivity index (χ1n) is 8.27. The normalized spacial score (nSPS) is 12.9. The van der Waals surface area contributed by atoms with Crippen LogP contribution in [0, 0.1) is 0 Å². The first kappa shape index (κ1) is 17.4. The molecule has 25 heavy (non-hydrogen) atoms. The maximum Gasteiger partial charge on any atom is 0.255 e. The molecule has 0 fully saturated rings. The molecule has 2 N–H and O–H groups in total. The lowest BCUT2D eigenvalue weighted by atomic mass is 10.1. The molecular weight excluding hydrogens is 336 g/mol. The number of carbonyl (C=O) groups excluding carboxylic acids is 2. The van der Waals surface area contributed by atoms with Crippen LogP contribution < -0.4 is 15.4 Å². The van der Waals surface area contributed by atoms with E-state index in [1.807, 2.05) is 30.3 Å². The molecule has 2 aromatic rings. The number of rotatable bonds is 6. The summed E-state index contributed by atoms with van der Waals surface area (Å²) in [5.41, 5.74) is 1.81. The zero-order valence-electron chi connectivity index (χ0n) is 14.0. The zero-order valence-corrected chi connectivity index (χ0v) is 14.8. The molecule has 0 unspecified atom stereocenters. The number of anilines is 2. The van der Waals surface area contributed by atoms with Gasteiger partial charge in [0, 0.05) is 10.5 Å². The van der Waals surface area contributed by atoms with E-state index in [-0.39, 0.29) is 11.8 Å². The van der Waals surface area contributed by atoms with Crippen LogP contribution in [0.1, 0.15) is 30.1 Å². The number of hydrogen-bond donors (Lipinski definition) is 2. The summed E-state index contributed by atoms with van der Waals surface area (Å²) >= 11 is 1.47. The number of fused-ring (bicyclic) bond motifs is 1. The summed E-state index contributed by atoms with van der Waals surface area (Å²) in [6.07, 6.45) is 2.01. The molecule has 2 amide bonds. The van der Waals surface area contributed by atoms with E-state index < -0.39 is 0 Å². The van der Waals surface area contributed by atoms with Crippen LogP contribution in [0.25, 0.3) is 0 Å². The van der Waals surface area contributed by atoms with Gasteiger partial charge < -0.3 is 15.4 Å². The Morgan fingerprint density at radius 1 is 1.28 bits per heavy atom. The van der Waals surface area contributed by atoms with E-state index in [4.69, 9.17) is 4.74 Å². The number of benzene rings is 2. The van der Waals surface area contributed by atoms with Gasteiger partial charge in [-0.3, -0.25) is 9.59 Å². The van der Waals surface area contributed by atoms with Gasteiger partial charge >= 0.3 is 0 Å². The molecule has 0 radical (unpaired) electrons. The summed E-state index contributed by atoms with van der Waals surface area (Å²) in [5, 5.41) is 5.69. The number of para-hydroxylation sites is 2. The van der Waals surface area contributed by atoms with Crippen LogP contribution in [0.4, 0.5) is 11.4 Å². The Balaban J connectivity index is 1.74. The fourth-order valence-corrected chi connectivity index (χ4v) is 3.23. The Bertz CT molecular complexity index is 792. The molecule has 1 heterocycles. The summed E-state index contributed by atoms with van der Waals surface area (Å²) in [7, 11) is 0. The van der Waals surface area contributed by atoms with E-state index in [0.29, 0.717) is 35.0 Å². The number of nitrogens with one attached hydrogen (secondary N) is 2. The molecule has 5 nitrogen and oxygen atoms in total. The molecule has 6 heteroatoms. The second-order valence-corrected chi connectivity index (χ2v) is 6.72. The number of hydrogen-bond acceptors (Lipinski definition) is 4. The van der Waals surface area contributed by atoms with Crippen molar-refractivity contribution in [2.45, 2.75) is 24.7 Å². The lowest BCUT2D eigenvalue weighted by Crippen LogP contribution is -2.20. The van der Waals surface area contributed by atoms with Gasteiger partial charge in [0.15, 0.2) is 0 Å². The highest BCUT2D eigenvalue weighted by Crippen LogP contribution is 2.32. The Hall–Kier alpha value is -2.47. The van der Waals surface area contributed by atoms with Crippen LogP contribution in [-0.4, -0.2) is 24.2 Å². The molecule has 2 aromatic carbocycles. The van der Waals surface area contributed by atoms with Crippen LogP contribution >= 0.6 is 11.8 Å². The van der Waals surface area contributed by atoms with E-state index >= 15 is 0 Å². The van der Waals surface area contributed by atoms with E-state index in [1.54, 1.807) is 12.1 Å². The quantitative estimate of drug-likeness (QED) is 0.763. The number of amides is 2. The molecule has 0 aliphatic carbocycles. The van der Waals surface area contributed by atoms with Gasteiger partial charge in [0.05, 0.1) is 23.7 Å². The predicted molar refractivity (Wildman–Crippen MR) is 101 cm³/mol. The van der Waals surface area contributed by atoms with Gasteiger partial charge in [-0.15, -0.1) is 11.8 Å². The lowest BCUT2D eigenvalue weighted by molar-refractivity contribution is -0.113. The van der Waals surface area contributed by atoms with Crippen molar-refractivity contribution in [1.82, 2.24) is 0 Å². The van der Waals surface area contributed by atoms with Crippen LogP contribution in [0.3, 0.4) is 0 Å². The van der Waals surface area contributed by atoms with E-state index in [2.05, 4.69) is 17.6 Å². The van der Waals surface area contributed by atoms with Gasteiger partial charge in [-0.05, 0) is 36.8 Å². The van der Waals surface area contributed by atoms with E-state index in [9.17, 15) is 9.59 Å². The third-order valence-electron chi connectivity index (χ3n) is 3.77. The Labute approximate surface area is 151 Å². The molecule has 0 saturated carbocycles. The highest BCUT2D eigenvalue weighted by atomic mass is 32.2. The second-order valence-electron chi connectivity index (χ2n) is 5.70. The maximum atomic E-state index is 12.6. The molecule has 0 bridgehead atoms. The van der Waals surface area contributed by atoms with E-state index in [0.717, 1.165) is 17.7 Å². The van der Waals surface area contributed by atoms with Gasteiger partial charge in [-0.1, -0.05) is 25.5 Å². The highest BCUT2D eigenvalue weighted by molar-refractivity contribution is 8.00. The van der Waals surface area contributed by atoms with Crippen LogP contribution in [0.2, 0.25) is 0 Å². The van der Waals surface area contributed by atoms with Crippen molar-refractivity contribution in [1.29, 1.82) is 0 Å². The minimum absolute atomic E-state index is 0.0512. The SMILES string of the molecule is CCCCOc1ccccc1NC(=O)c1ccc2c(c1)NC(=O)CS2. The van der Waals surface area contributed by atoms with Crippen LogP contribution in [0.5, 0.6) is 5.75 Å². The van der Waals surface area contributed by atoms with Crippen LogP contribution in [0.15, 0.2) is 47.4 Å². The third kappa shape index (κ3) is 4.33. The smallest absolute Gasteiger partial charge is 0.255 e. The number of carbonyl (C=O) groups is 2. The minimum Gasteiger partial charge on any atom is -0.491 e. The Morgan fingerprint density at radius 2 is 2.12 bits per heavy atom. The second kappa shape index (κ2) is 8.07. The van der Waals surface area contributed by atoms with Gasteiger partial charge in [0.2, 0.25) is 5.91 Å². The summed E-state index contributed by atoms with van der Waals surface area (Å²) in [6, 6.07) is 12.7. The summed E-state index contributed by atoms with van der Waals surface area (Å²) in [4.78, 5) is 25.1. The molecule has 0 atom stereocenters. The van der Waals surface area contributed by atoms with Crippen molar-refractivity contribution in [3.05, 3.63) is 48.0 Å². The first-order chi connectivity index (χ1) is 12.2. The number of unbranched alkanes of at least 4 members (excludes halogenated alkanes) is 1. The zero-order chi connectivity index (χ0) is 17.6. The van der Waals surface area contributed by atoms with E-state index in [1.165, 1.54) is 11.8 Å².